The largest absolute Gasteiger partial charge is 0.481 e. The van der Waals surface area contributed by atoms with E-state index in [1.807, 2.05) is 4.90 Å². The second kappa shape index (κ2) is 5.51. The fourth-order valence-corrected chi connectivity index (χ4v) is 3.77. The normalized spacial score (nSPS) is 39.3. The molecule has 108 valence electrons. The van der Waals surface area contributed by atoms with Gasteiger partial charge in [-0.3, -0.25) is 9.59 Å². The number of hydrogen-bond donors (Lipinski definition) is 1. The maximum atomic E-state index is 12.7. The molecule has 1 heterocycles. The summed E-state index contributed by atoms with van der Waals surface area (Å²) in [5, 5.41) is 9.23. The van der Waals surface area contributed by atoms with Crippen molar-refractivity contribution >= 4 is 11.9 Å². The van der Waals surface area contributed by atoms with Crippen molar-refractivity contribution in [3.8, 4) is 0 Å². The van der Waals surface area contributed by atoms with Crippen molar-refractivity contribution in [3.05, 3.63) is 0 Å². The third kappa shape index (κ3) is 2.77. The third-order valence-electron chi connectivity index (χ3n) is 5.03. The molecular formula is C15H25NO3. The van der Waals surface area contributed by atoms with Crippen LogP contribution in [0, 0.1) is 23.7 Å². The fourth-order valence-electron chi connectivity index (χ4n) is 3.77. The molecule has 1 aliphatic carbocycles. The monoisotopic (exact) mass is 267 g/mol. The number of carbonyl (C=O) groups excluding carboxylic acids is 1. The van der Waals surface area contributed by atoms with E-state index in [0.29, 0.717) is 18.3 Å². The van der Waals surface area contributed by atoms with Gasteiger partial charge in [0, 0.05) is 12.6 Å². The Kier molecular flexibility index (Phi) is 4.16. The summed E-state index contributed by atoms with van der Waals surface area (Å²) in [6.07, 6.45) is 3.40. The summed E-state index contributed by atoms with van der Waals surface area (Å²) in [7, 11) is 0. The van der Waals surface area contributed by atoms with Crippen molar-refractivity contribution in [3.63, 3.8) is 0 Å². The molecule has 0 aromatic rings. The first-order chi connectivity index (χ1) is 8.91. The topological polar surface area (TPSA) is 57.6 Å². The number of carboxylic acid groups (broad SMARTS) is 1. The predicted molar refractivity (Wildman–Crippen MR) is 72.6 cm³/mol. The standard InChI is InChI=1S/C15H25NO3/c1-9-7-10(2)11(3)16(8-9)14(17)12-5-4-6-13(12)15(18)19/h9-13H,4-8H2,1-3H3,(H,18,19)/t9?,10?,11?,12-,13+/m1/s1. The van der Waals surface area contributed by atoms with Gasteiger partial charge in [-0.25, -0.2) is 0 Å². The lowest BCUT2D eigenvalue weighted by Crippen LogP contribution is -2.51. The minimum Gasteiger partial charge on any atom is -0.481 e. The van der Waals surface area contributed by atoms with Gasteiger partial charge >= 0.3 is 5.97 Å². The van der Waals surface area contributed by atoms with Crippen molar-refractivity contribution in [1.29, 1.82) is 0 Å². The highest BCUT2D eigenvalue weighted by molar-refractivity contribution is 5.85. The number of carboxylic acids is 1. The molecule has 2 aliphatic rings. The minimum absolute atomic E-state index is 0.0794. The molecular weight excluding hydrogens is 242 g/mol. The van der Waals surface area contributed by atoms with Crippen LogP contribution in [-0.4, -0.2) is 34.5 Å². The van der Waals surface area contributed by atoms with E-state index in [4.69, 9.17) is 0 Å². The van der Waals surface area contributed by atoms with Crippen LogP contribution in [-0.2, 0) is 9.59 Å². The Labute approximate surface area is 115 Å². The molecule has 0 spiro atoms. The van der Waals surface area contributed by atoms with E-state index in [1.54, 1.807) is 0 Å². The maximum absolute atomic E-state index is 12.7. The Morgan fingerprint density at radius 2 is 1.74 bits per heavy atom. The average molecular weight is 267 g/mol. The van der Waals surface area contributed by atoms with Crippen molar-refractivity contribution in [1.82, 2.24) is 4.90 Å². The Morgan fingerprint density at radius 1 is 1.11 bits per heavy atom. The van der Waals surface area contributed by atoms with Crippen LogP contribution in [0.2, 0.25) is 0 Å². The highest BCUT2D eigenvalue weighted by atomic mass is 16.4. The maximum Gasteiger partial charge on any atom is 0.307 e. The molecule has 2 fully saturated rings. The smallest absolute Gasteiger partial charge is 0.307 e. The second-order valence-corrected chi connectivity index (χ2v) is 6.53. The number of amides is 1. The van der Waals surface area contributed by atoms with Crippen LogP contribution in [0.1, 0.15) is 46.5 Å². The number of piperidine rings is 1. The van der Waals surface area contributed by atoms with Gasteiger partial charge in [0.1, 0.15) is 0 Å². The Balaban J connectivity index is 2.11. The molecule has 1 N–H and O–H groups in total. The Morgan fingerprint density at radius 3 is 2.37 bits per heavy atom. The highest BCUT2D eigenvalue weighted by Gasteiger charge is 2.42. The van der Waals surface area contributed by atoms with Crippen molar-refractivity contribution < 1.29 is 14.7 Å². The number of aliphatic carboxylic acids is 1. The van der Waals surface area contributed by atoms with Gasteiger partial charge in [-0.2, -0.15) is 0 Å². The molecule has 4 heteroatoms. The third-order valence-corrected chi connectivity index (χ3v) is 5.03. The quantitative estimate of drug-likeness (QED) is 0.835. The van der Waals surface area contributed by atoms with Crippen LogP contribution in [0.25, 0.3) is 0 Å². The number of carbonyl (C=O) groups is 2. The van der Waals surface area contributed by atoms with Crippen LogP contribution in [0.5, 0.6) is 0 Å². The first-order valence-electron chi connectivity index (χ1n) is 7.45. The SMILES string of the molecule is CC1CC(C)C(C)N(C(=O)[C@@H]2CCC[C@@H]2C(=O)O)C1. The van der Waals surface area contributed by atoms with Gasteiger partial charge < -0.3 is 10.0 Å². The Bertz CT molecular complexity index is 368. The van der Waals surface area contributed by atoms with E-state index in [1.165, 1.54) is 0 Å². The summed E-state index contributed by atoms with van der Waals surface area (Å²) < 4.78 is 0. The van der Waals surface area contributed by atoms with E-state index in [-0.39, 0.29) is 17.9 Å². The zero-order valence-corrected chi connectivity index (χ0v) is 12.1. The first-order valence-corrected chi connectivity index (χ1v) is 7.45. The van der Waals surface area contributed by atoms with Crippen LogP contribution in [0.3, 0.4) is 0 Å². The summed E-state index contributed by atoms with van der Waals surface area (Å²) in [4.78, 5) is 25.9. The summed E-state index contributed by atoms with van der Waals surface area (Å²) in [5.41, 5.74) is 0. The van der Waals surface area contributed by atoms with Crippen LogP contribution >= 0.6 is 0 Å². The van der Waals surface area contributed by atoms with Gasteiger partial charge in [0.15, 0.2) is 0 Å². The lowest BCUT2D eigenvalue weighted by atomic mass is 9.84. The van der Waals surface area contributed by atoms with Gasteiger partial charge in [0.2, 0.25) is 5.91 Å². The van der Waals surface area contributed by atoms with Crippen molar-refractivity contribution in [2.75, 3.05) is 6.54 Å². The molecule has 1 saturated heterocycles. The van der Waals surface area contributed by atoms with Crippen molar-refractivity contribution in [2.45, 2.75) is 52.5 Å². The fraction of sp³-hybridized carbons (Fsp3) is 0.867. The van der Waals surface area contributed by atoms with Crippen LogP contribution in [0.4, 0.5) is 0 Å². The lowest BCUT2D eigenvalue weighted by Gasteiger charge is -2.42. The summed E-state index contributed by atoms with van der Waals surface area (Å²) in [6.45, 7) is 7.24. The summed E-state index contributed by atoms with van der Waals surface area (Å²) in [6, 6.07) is 0.235. The van der Waals surface area contributed by atoms with E-state index in [2.05, 4.69) is 20.8 Å². The van der Waals surface area contributed by atoms with E-state index >= 15 is 0 Å². The molecule has 0 aromatic carbocycles. The molecule has 1 saturated carbocycles. The van der Waals surface area contributed by atoms with E-state index in [0.717, 1.165) is 25.8 Å². The summed E-state index contributed by atoms with van der Waals surface area (Å²) >= 11 is 0. The molecule has 1 amide bonds. The van der Waals surface area contributed by atoms with Gasteiger partial charge in [0.05, 0.1) is 11.8 Å². The second-order valence-electron chi connectivity index (χ2n) is 6.53. The predicted octanol–water partition coefficient (Wildman–Crippen LogP) is 2.38. The molecule has 2 rings (SSSR count). The number of nitrogens with zero attached hydrogens (tertiary/aromatic N) is 1. The zero-order valence-electron chi connectivity index (χ0n) is 12.1. The average Bonchev–Trinajstić information content (AvgIpc) is 2.82. The molecule has 0 aromatic heterocycles. The minimum atomic E-state index is -0.804. The molecule has 19 heavy (non-hydrogen) atoms. The Hall–Kier alpha value is -1.06. The molecule has 5 atom stereocenters. The van der Waals surface area contributed by atoms with Gasteiger partial charge in [0.25, 0.3) is 0 Å². The van der Waals surface area contributed by atoms with Crippen molar-refractivity contribution in [2.24, 2.45) is 23.7 Å². The first kappa shape index (κ1) is 14.4. The highest BCUT2D eigenvalue weighted by Crippen LogP contribution is 2.36. The van der Waals surface area contributed by atoms with Crippen LogP contribution < -0.4 is 0 Å². The van der Waals surface area contributed by atoms with E-state index < -0.39 is 11.9 Å². The molecule has 1 aliphatic heterocycles. The lowest BCUT2D eigenvalue weighted by molar-refractivity contribution is -0.151. The summed E-state index contributed by atoms with van der Waals surface area (Å²) in [5.74, 6) is -0.473. The number of hydrogen-bond acceptors (Lipinski definition) is 2. The van der Waals surface area contributed by atoms with Gasteiger partial charge in [-0.1, -0.05) is 20.3 Å². The van der Waals surface area contributed by atoms with Crippen LogP contribution in [0.15, 0.2) is 0 Å². The van der Waals surface area contributed by atoms with E-state index in [9.17, 15) is 14.7 Å². The molecule has 0 radical (unpaired) electrons. The van der Waals surface area contributed by atoms with Gasteiger partial charge in [-0.05, 0) is 38.0 Å². The zero-order chi connectivity index (χ0) is 14.2. The molecule has 4 nitrogen and oxygen atoms in total. The van der Waals surface area contributed by atoms with Gasteiger partial charge in [-0.15, -0.1) is 0 Å². The number of rotatable bonds is 2. The number of likely N-dealkylation sites (tertiary alicyclic amines) is 1. The molecule has 3 unspecified atom stereocenters. The molecule has 0 bridgehead atoms.